The van der Waals surface area contributed by atoms with Gasteiger partial charge in [0.15, 0.2) is 5.58 Å². The van der Waals surface area contributed by atoms with Crippen LogP contribution in [0.25, 0.3) is 22.6 Å². The third kappa shape index (κ3) is 4.37. The van der Waals surface area contributed by atoms with E-state index in [4.69, 9.17) is 9.15 Å². The molecule has 0 bridgehead atoms. The van der Waals surface area contributed by atoms with Gasteiger partial charge in [-0.15, -0.1) is 0 Å². The monoisotopic (exact) mass is 420 g/mol. The molecular formula is C27H20N2O3. The van der Waals surface area contributed by atoms with Crippen LogP contribution in [0.15, 0.2) is 108 Å². The second-order valence-electron chi connectivity index (χ2n) is 7.32. The minimum atomic E-state index is -0.221. The van der Waals surface area contributed by atoms with Crippen LogP contribution in [0.3, 0.4) is 0 Å². The third-order valence-corrected chi connectivity index (χ3v) is 5.01. The maximum atomic E-state index is 12.8. The lowest BCUT2D eigenvalue weighted by atomic mass is 10.2. The molecule has 1 N–H and O–H groups in total. The number of nitrogens with zero attached hydrogens (tertiary/aromatic N) is 1. The van der Waals surface area contributed by atoms with Crippen molar-refractivity contribution in [2.24, 2.45) is 0 Å². The van der Waals surface area contributed by atoms with Crippen LogP contribution in [0.1, 0.15) is 15.9 Å². The summed E-state index contributed by atoms with van der Waals surface area (Å²) in [5.41, 5.74) is 4.48. The van der Waals surface area contributed by atoms with E-state index in [1.54, 1.807) is 24.3 Å². The van der Waals surface area contributed by atoms with E-state index in [1.165, 1.54) is 0 Å². The first-order chi connectivity index (χ1) is 15.7. The topological polar surface area (TPSA) is 64.4 Å². The summed E-state index contributed by atoms with van der Waals surface area (Å²) in [5.74, 6) is 0.967. The van der Waals surface area contributed by atoms with E-state index in [0.717, 1.165) is 11.1 Å². The summed E-state index contributed by atoms with van der Waals surface area (Å²) in [6, 6.07) is 32.2. The Kier molecular flexibility index (Phi) is 5.37. The molecule has 0 saturated carbocycles. The minimum Gasteiger partial charge on any atom is -0.489 e. The molecule has 5 rings (SSSR count). The zero-order valence-corrected chi connectivity index (χ0v) is 17.2. The predicted molar refractivity (Wildman–Crippen MR) is 125 cm³/mol. The fraction of sp³-hybridized carbons (Fsp3) is 0.0370. The van der Waals surface area contributed by atoms with E-state index in [9.17, 15) is 4.79 Å². The number of fused-ring (bicyclic) bond motifs is 1. The Bertz CT molecular complexity index is 1360. The second-order valence-corrected chi connectivity index (χ2v) is 7.32. The van der Waals surface area contributed by atoms with Crippen molar-refractivity contribution in [1.29, 1.82) is 0 Å². The number of oxazole rings is 1. The molecule has 0 radical (unpaired) electrons. The van der Waals surface area contributed by atoms with E-state index < -0.39 is 0 Å². The lowest BCUT2D eigenvalue weighted by molar-refractivity contribution is 0.102. The average Bonchev–Trinajstić information content (AvgIpc) is 3.28. The molecule has 0 spiro atoms. The van der Waals surface area contributed by atoms with Gasteiger partial charge in [0.1, 0.15) is 17.9 Å². The highest BCUT2D eigenvalue weighted by Gasteiger charge is 2.11. The number of nitrogens with one attached hydrogen (secondary N) is 1. The zero-order valence-electron chi connectivity index (χ0n) is 17.2. The molecule has 0 aliphatic carbocycles. The molecule has 32 heavy (non-hydrogen) atoms. The number of benzene rings is 4. The van der Waals surface area contributed by atoms with Gasteiger partial charge in [-0.05, 0) is 54.1 Å². The standard InChI is InChI=1S/C27H20N2O3/c30-26(21-12-7-13-23(16-21)31-18-19-8-3-1-4-9-19)28-22-14-15-25-24(17-22)29-27(32-25)20-10-5-2-6-11-20/h1-17H,18H2,(H,28,30). The van der Waals surface area contributed by atoms with E-state index in [0.29, 0.717) is 40.6 Å². The fourth-order valence-electron chi connectivity index (χ4n) is 3.38. The van der Waals surface area contributed by atoms with Gasteiger partial charge >= 0.3 is 0 Å². The van der Waals surface area contributed by atoms with Crippen molar-refractivity contribution in [2.45, 2.75) is 6.61 Å². The predicted octanol–water partition coefficient (Wildman–Crippen LogP) is 6.33. The summed E-state index contributed by atoms with van der Waals surface area (Å²) in [7, 11) is 0. The Hall–Kier alpha value is -4.38. The molecule has 0 saturated heterocycles. The van der Waals surface area contributed by atoms with Gasteiger partial charge < -0.3 is 14.5 Å². The number of hydrogen-bond acceptors (Lipinski definition) is 4. The minimum absolute atomic E-state index is 0.221. The molecule has 0 aliphatic heterocycles. The zero-order chi connectivity index (χ0) is 21.8. The Morgan fingerprint density at radius 2 is 1.62 bits per heavy atom. The van der Waals surface area contributed by atoms with Crippen molar-refractivity contribution in [2.75, 3.05) is 5.32 Å². The average molecular weight is 420 g/mol. The largest absolute Gasteiger partial charge is 0.489 e. The van der Waals surface area contributed by atoms with Crippen LogP contribution in [0.5, 0.6) is 5.75 Å². The van der Waals surface area contributed by atoms with Crippen molar-refractivity contribution in [3.05, 3.63) is 114 Å². The molecule has 156 valence electrons. The fourth-order valence-corrected chi connectivity index (χ4v) is 3.38. The van der Waals surface area contributed by atoms with Gasteiger partial charge in [0.05, 0.1) is 0 Å². The number of carbonyl (C=O) groups is 1. The first-order valence-electron chi connectivity index (χ1n) is 10.3. The van der Waals surface area contributed by atoms with Crippen LogP contribution in [0, 0.1) is 0 Å². The van der Waals surface area contributed by atoms with Gasteiger partial charge in [-0.25, -0.2) is 4.98 Å². The number of amides is 1. The maximum absolute atomic E-state index is 12.8. The van der Waals surface area contributed by atoms with E-state index in [1.807, 2.05) is 78.9 Å². The van der Waals surface area contributed by atoms with Gasteiger partial charge in [-0.1, -0.05) is 54.6 Å². The van der Waals surface area contributed by atoms with Crippen molar-refractivity contribution >= 4 is 22.7 Å². The molecular weight excluding hydrogens is 400 g/mol. The van der Waals surface area contributed by atoms with E-state index in [2.05, 4.69) is 10.3 Å². The summed E-state index contributed by atoms with van der Waals surface area (Å²) >= 11 is 0. The highest BCUT2D eigenvalue weighted by Crippen LogP contribution is 2.26. The van der Waals surface area contributed by atoms with Crippen LogP contribution >= 0.6 is 0 Å². The number of ether oxygens (including phenoxy) is 1. The molecule has 0 unspecified atom stereocenters. The second kappa shape index (κ2) is 8.78. The van der Waals surface area contributed by atoms with E-state index in [-0.39, 0.29) is 5.91 Å². The summed E-state index contributed by atoms with van der Waals surface area (Å²) in [5, 5.41) is 2.92. The van der Waals surface area contributed by atoms with Crippen molar-refractivity contribution < 1.29 is 13.9 Å². The number of aromatic nitrogens is 1. The smallest absolute Gasteiger partial charge is 0.255 e. The molecule has 0 fully saturated rings. The molecule has 5 nitrogen and oxygen atoms in total. The number of rotatable bonds is 6. The van der Waals surface area contributed by atoms with Crippen LogP contribution in [0.2, 0.25) is 0 Å². The highest BCUT2D eigenvalue weighted by atomic mass is 16.5. The SMILES string of the molecule is O=C(Nc1ccc2oc(-c3ccccc3)nc2c1)c1cccc(OCc2ccccc2)c1. The molecule has 0 atom stereocenters. The Balaban J connectivity index is 1.30. The maximum Gasteiger partial charge on any atom is 0.255 e. The lowest BCUT2D eigenvalue weighted by Crippen LogP contribution is -2.12. The van der Waals surface area contributed by atoms with Gasteiger partial charge in [0.2, 0.25) is 5.89 Å². The Morgan fingerprint density at radius 3 is 2.44 bits per heavy atom. The first kappa shape index (κ1) is 19.6. The number of hydrogen-bond donors (Lipinski definition) is 1. The molecule has 4 aromatic carbocycles. The molecule has 1 heterocycles. The van der Waals surface area contributed by atoms with Gasteiger partial charge in [-0.3, -0.25) is 4.79 Å². The van der Waals surface area contributed by atoms with Gasteiger partial charge in [0.25, 0.3) is 5.91 Å². The summed E-state index contributed by atoms with van der Waals surface area (Å²) in [4.78, 5) is 17.3. The highest BCUT2D eigenvalue weighted by molar-refractivity contribution is 6.05. The summed E-state index contributed by atoms with van der Waals surface area (Å²) < 4.78 is 11.7. The molecule has 1 amide bonds. The third-order valence-electron chi connectivity index (χ3n) is 5.01. The molecule has 5 heteroatoms. The van der Waals surface area contributed by atoms with Crippen molar-refractivity contribution in [3.8, 4) is 17.2 Å². The van der Waals surface area contributed by atoms with Crippen LogP contribution in [0.4, 0.5) is 5.69 Å². The number of anilines is 1. The van der Waals surface area contributed by atoms with Crippen LogP contribution < -0.4 is 10.1 Å². The lowest BCUT2D eigenvalue weighted by Gasteiger charge is -2.09. The first-order valence-corrected chi connectivity index (χ1v) is 10.3. The Morgan fingerprint density at radius 1 is 0.844 bits per heavy atom. The molecule has 0 aliphatic rings. The van der Waals surface area contributed by atoms with Gasteiger partial charge in [-0.2, -0.15) is 0 Å². The van der Waals surface area contributed by atoms with Gasteiger partial charge in [0, 0.05) is 16.8 Å². The normalized spacial score (nSPS) is 10.8. The molecule has 1 aromatic heterocycles. The Labute approximate surface area is 185 Å². The molecule has 5 aromatic rings. The van der Waals surface area contributed by atoms with Crippen molar-refractivity contribution in [1.82, 2.24) is 4.98 Å². The quantitative estimate of drug-likeness (QED) is 0.349. The van der Waals surface area contributed by atoms with Crippen LogP contribution in [-0.4, -0.2) is 10.9 Å². The van der Waals surface area contributed by atoms with Crippen LogP contribution in [-0.2, 0) is 6.61 Å². The summed E-state index contributed by atoms with van der Waals surface area (Å²) in [6.45, 7) is 0.443. The van der Waals surface area contributed by atoms with E-state index >= 15 is 0 Å². The summed E-state index contributed by atoms with van der Waals surface area (Å²) in [6.07, 6.45) is 0. The number of carbonyl (C=O) groups excluding carboxylic acids is 1. The van der Waals surface area contributed by atoms with Crippen molar-refractivity contribution in [3.63, 3.8) is 0 Å².